The Morgan fingerprint density at radius 2 is 1.91 bits per heavy atom. The van der Waals surface area contributed by atoms with Gasteiger partial charge in [0.05, 0.1) is 11.5 Å². The molecule has 2 fully saturated rings. The Kier molecular flexibility index (Phi) is 6.00. The van der Waals surface area contributed by atoms with E-state index in [4.69, 9.17) is 0 Å². The standard InChI is InChI=1S/C17H23FN2O2.ClH/c18-14-5-3-13(4-6-14)17(7-1-2-8-17)16(22)20-10-12-9-19-11-15(12)21;/h3-6,12,15,19,21H,1-2,7-11H2,(H,20,22);1H. The molecule has 1 amide bonds. The molecule has 0 bridgehead atoms. The number of aliphatic hydroxyl groups is 1. The molecule has 4 nitrogen and oxygen atoms in total. The third-order valence-electron chi connectivity index (χ3n) is 5.12. The van der Waals surface area contributed by atoms with Gasteiger partial charge >= 0.3 is 0 Å². The minimum atomic E-state index is -0.537. The van der Waals surface area contributed by atoms with Gasteiger partial charge in [0, 0.05) is 25.6 Å². The molecule has 0 spiro atoms. The van der Waals surface area contributed by atoms with E-state index in [0.717, 1.165) is 37.8 Å². The summed E-state index contributed by atoms with van der Waals surface area (Å²) in [6.07, 6.45) is 3.23. The second-order valence-corrected chi connectivity index (χ2v) is 6.49. The van der Waals surface area contributed by atoms with Crippen LogP contribution in [0.4, 0.5) is 4.39 Å². The van der Waals surface area contributed by atoms with Crippen molar-refractivity contribution in [3.63, 3.8) is 0 Å². The molecule has 0 radical (unpaired) electrons. The largest absolute Gasteiger partial charge is 0.391 e. The van der Waals surface area contributed by atoms with E-state index in [1.165, 1.54) is 12.1 Å². The fourth-order valence-corrected chi connectivity index (χ4v) is 3.71. The highest BCUT2D eigenvalue weighted by atomic mass is 35.5. The molecular formula is C17H24ClFN2O2. The summed E-state index contributed by atoms with van der Waals surface area (Å²) in [5, 5.41) is 16.0. The lowest BCUT2D eigenvalue weighted by Crippen LogP contribution is -2.45. The van der Waals surface area contributed by atoms with Crippen molar-refractivity contribution in [2.24, 2.45) is 5.92 Å². The maximum Gasteiger partial charge on any atom is 0.230 e. The van der Waals surface area contributed by atoms with Gasteiger partial charge in [0.1, 0.15) is 5.82 Å². The first-order chi connectivity index (χ1) is 10.6. The van der Waals surface area contributed by atoms with Gasteiger partial charge in [-0.2, -0.15) is 0 Å². The van der Waals surface area contributed by atoms with Crippen LogP contribution >= 0.6 is 12.4 Å². The van der Waals surface area contributed by atoms with Crippen LogP contribution in [0.15, 0.2) is 24.3 Å². The van der Waals surface area contributed by atoms with Crippen molar-refractivity contribution < 1.29 is 14.3 Å². The SMILES string of the molecule is Cl.O=C(NCC1CNCC1O)C1(c2ccc(F)cc2)CCCC1. The van der Waals surface area contributed by atoms with E-state index in [1.54, 1.807) is 12.1 Å². The van der Waals surface area contributed by atoms with Gasteiger partial charge in [0.2, 0.25) is 5.91 Å². The summed E-state index contributed by atoms with van der Waals surface area (Å²) in [7, 11) is 0. The van der Waals surface area contributed by atoms with Crippen LogP contribution in [0.2, 0.25) is 0 Å². The fourth-order valence-electron chi connectivity index (χ4n) is 3.71. The number of benzene rings is 1. The van der Waals surface area contributed by atoms with Crippen molar-refractivity contribution in [1.82, 2.24) is 10.6 Å². The maximum atomic E-state index is 13.2. The minimum Gasteiger partial charge on any atom is -0.391 e. The molecule has 0 aromatic heterocycles. The van der Waals surface area contributed by atoms with Crippen LogP contribution in [0.5, 0.6) is 0 Å². The second-order valence-electron chi connectivity index (χ2n) is 6.49. The monoisotopic (exact) mass is 342 g/mol. The van der Waals surface area contributed by atoms with E-state index in [2.05, 4.69) is 10.6 Å². The first kappa shape index (κ1) is 18.2. The van der Waals surface area contributed by atoms with Crippen molar-refractivity contribution >= 4 is 18.3 Å². The van der Waals surface area contributed by atoms with Gasteiger partial charge in [-0.25, -0.2) is 4.39 Å². The second kappa shape index (κ2) is 7.60. The zero-order valence-corrected chi connectivity index (χ0v) is 13.9. The number of halogens is 2. The lowest BCUT2D eigenvalue weighted by atomic mass is 9.78. The molecule has 6 heteroatoms. The highest BCUT2D eigenvalue weighted by molar-refractivity contribution is 5.88. The van der Waals surface area contributed by atoms with Crippen LogP contribution in [0.1, 0.15) is 31.2 Å². The Hall–Kier alpha value is -1.17. The summed E-state index contributed by atoms with van der Waals surface area (Å²) in [6.45, 7) is 1.80. The van der Waals surface area contributed by atoms with Gasteiger partial charge in [0.15, 0.2) is 0 Å². The Morgan fingerprint density at radius 1 is 1.26 bits per heavy atom. The quantitative estimate of drug-likeness (QED) is 0.781. The van der Waals surface area contributed by atoms with Crippen LogP contribution in [0.3, 0.4) is 0 Å². The third-order valence-corrected chi connectivity index (χ3v) is 5.12. The van der Waals surface area contributed by atoms with Crippen LogP contribution in [-0.4, -0.2) is 36.8 Å². The van der Waals surface area contributed by atoms with Gasteiger partial charge in [0.25, 0.3) is 0 Å². The molecule has 1 heterocycles. The molecule has 3 rings (SSSR count). The molecule has 3 N–H and O–H groups in total. The van der Waals surface area contributed by atoms with E-state index in [-0.39, 0.29) is 30.0 Å². The fraction of sp³-hybridized carbons (Fsp3) is 0.588. The normalized spacial score (nSPS) is 25.8. The number of hydrogen-bond donors (Lipinski definition) is 3. The topological polar surface area (TPSA) is 61.4 Å². The van der Waals surface area contributed by atoms with Crippen LogP contribution in [0, 0.1) is 11.7 Å². The van der Waals surface area contributed by atoms with Crippen molar-refractivity contribution in [1.29, 1.82) is 0 Å². The number of amides is 1. The Balaban J connectivity index is 0.00000192. The van der Waals surface area contributed by atoms with Gasteiger partial charge in [-0.05, 0) is 30.5 Å². The molecule has 1 saturated carbocycles. The number of nitrogens with one attached hydrogen (secondary N) is 2. The van der Waals surface area contributed by atoms with Crippen molar-refractivity contribution in [3.05, 3.63) is 35.6 Å². The summed E-state index contributed by atoms with van der Waals surface area (Å²) in [6, 6.07) is 6.30. The summed E-state index contributed by atoms with van der Waals surface area (Å²) in [5.74, 6) is -0.205. The van der Waals surface area contributed by atoms with Crippen LogP contribution < -0.4 is 10.6 Å². The Labute approximate surface area is 142 Å². The minimum absolute atomic E-state index is 0. The number of rotatable bonds is 4. The smallest absolute Gasteiger partial charge is 0.230 e. The van der Waals surface area contributed by atoms with Gasteiger partial charge < -0.3 is 15.7 Å². The van der Waals surface area contributed by atoms with Crippen molar-refractivity contribution in [2.75, 3.05) is 19.6 Å². The molecule has 1 aliphatic heterocycles. The lowest BCUT2D eigenvalue weighted by Gasteiger charge is -2.29. The summed E-state index contributed by atoms with van der Waals surface area (Å²) < 4.78 is 13.2. The number of carbonyl (C=O) groups excluding carboxylic acids is 1. The van der Waals surface area contributed by atoms with E-state index in [9.17, 15) is 14.3 Å². The van der Waals surface area contributed by atoms with E-state index in [0.29, 0.717) is 13.1 Å². The predicted octanol–water partition coefficient (Wildman–Crippen LogP) is 1.76. The van der Waals surface area contributed by atoms with E-state index in [1.807, 2.05) is 0 Å². The van der Waals surface area contributed by atoms with Crippen LogP contribution in [0.25, 0.3) is 0 Å². The number of aliphatic hydroxyl groups excluding tert-OH is 1. The molecule has 1 saturated heterocycles. The molecular weight excluding hydrogens is 319 g/mol. The number of hydrogen-bond acceptors (Lipinski definition) is 3. The zero-order chi connectivity index (χ0) is 15.6. The molecule has 1 aliphatic carbocycles. The molecule has 2 atom stereocenters. The van der Waals surface area contributed by atoms with Gasteiger partial charge in [-0.3, -0.25) is 4.79 Å². The molecule has 23 heavy (non-hydrogen) atoms. The van der Waals surface area contributed by atoms with Crippen molar-refractivity contribution in [3.8, 4) is 0 Å². The molecule has 2 aliphatic rings. The highest BCUT2D eigenvalue weighted by Gasteiger charge is 2.42. The average Bonchev–Trinajstić information content (AvgIpc) is 3.15. The molecule has 1 aromatic rings. The third kappa shape index (κ3) is 3.67. The first-order valence-electron chi connectivity index (χ1n) is 8.05. The summed E-state index contributed by atoms with van der Waals surface area (Å²) >= 11 is 0. The first-order valence-corrected chi connectivity index (χ1v) is 8.05. The van der Waals surface area contributed by atoms with Crippen LogP contribution in [-0.2, 0) is 10.2 Å². The molecule has 1 aromatic carbocycles. The highest BCUT2D eigenvalue weighted by Crippen LogP contribution is 2.41. The van der Waals surface area contributed by atoms with E-state index < -0.39 is 11.5 Å². The summed E-state index contributed by atoms with van der Waals surface area (Å²) in [5.41, 5.74) is 0.360. The maximum absolute atomic E-state index is 13.2. The summed E-state index contributed by atoms with van der Waals surface area (Å²) in [4.78, 5) is 12.8. The van der Waals surface area contributed by atoms with E-state index >= 15 is 0 Å². The number of β-amino-alcohol motifs (C(OH)–C–C–N with tert-alkyl or cyclic N) is 1. The molecule has 128 valence electrons. The Bertz CT molecular complexity index is 532. The Morgan fingerprint density at radius 3 is 2.48 bits per heavy atom. The average molecular weight is 343 g/mol. The van der Waals surface area contributed by atoms with Crippen molar-refractivity contribution in [2.45, 2.75) is 37.2 Å². The molecule has 2 unspecified atom stereocenters. The predicted molar refractivity (Wildman–Crippen MR) is 89.2 cm³/mol. The number of carbonyl (C=O) groups is 1. The zero-order valence-electron chi connectivity index (χ0n) is 13.1. The van der Waals surface area contributed by atoms with Gasteiger partial charge in [-0.15, -0.1) is 12.4 Å². The van der Waals surface area contributed by atoms with Gasteiger partial charge in [-0.1, -0.05) is 25.0 Å². The lowest BCUT2D eigenvalue weighted by molar-refractivity contribution is -0.126.